The second-order valence-electron chi connectivity index (χ2n) is 10.1. The van der Waals surface area contributed by atoms with E-state index in [0.29, 0.717) is 31.0 Å². The quantitative estimate of drug-likeness (QED) is 0.517. The predicted octanol–water partition coefficient (Wildman–Crippen LogP) is 3.63. The topological polar surface area (TPSA) is 101 Å². The summed E-state index contributed by atoms with van der Waals surface area (Å²) in [6.45, 7) is 1.82. The summed E-state index contributed by atoms with van der Waals surface area (Å²) in [6.07, 6.45) is 7.50. The number of rotatable bonds is 5. The fraction of sp³-hybridized carbons (Fsp3) is 0.538. The van der Waals surface area contributed by atoms with Gasteiger partial charge in [-0.3, -0.25) is 5.32 Å². The van der Waals surface area contributed by atoms with Crippen LogP contribution in [0.4, 0.5) is 10.6 Å². The predicted molar refractivity (Wildman–Crippen MR) is 125 cm³/mol. The van der Waals surface area contributed by atoms with Gasteiger partial charge < -0.3 is 9.84 Å². The number of nitrogens with zero attached hydrogens (tertiary/aromatic N) is 3. The molecule has 2 N–H and O–H groups in total. The number of carbonyl (C=O) groups excluding carboxylic acids is 2. The van der Waals surface area contributed by atoms with Crippen LogP contribution in [0.5, 0.6) is 0 Å². The molecule has 2 atom stereocenters. The lowest BCUT2D eigenvalue weighted by atomic mass is 9.73. The molecule has 4 aliphatic rings. The molecule has 4 fully saturated rings. The first-order chi connectivity index (χ1) is 16.5. The molecule has 1 aromatic heterocycles. The number of hydrogen-bond donors (Lipinski definition) is 2. The van der Waals surface area contributed by atoms with Gasteiger partial charge in [-0.25, -0.2) is 14.1 Å². The molecule has 1 aliphatic carbocycles. The van der Waals surface area contributed by atoms with Crippen molar-refractivity contribution < 1.29 is 23.9 Å². The van der Waals surface area contributed by atoms with E-state index >= 15 is 0 Å². The molecule has 1 aromatic carbocycles. The van der Waals surface area contributed by atoms with E-state index in [9.17, 15) is 14.7 Å². The van der Waals surface area contributed by atoms with Crippen molar-refractivity contribution in [2.24, 2.45) is 11.8 Å². The molecule has 3 aliphatic heterocycles. The molecule has 8 heteroatoms. The van der Waals surface area contributed by atoms with Crippen molar-refractivity contribution >= 4 is 17.8 Å². The lowest BCUT2D eigenvalue weighted by Gasteiger charge is -2.50. The van der Waals surface area contributed by atoms with Crippen LogP contribution in [0.3, 0.4) is 0 Å². The molecule has 1 unspecified atom stereocenters. The molecule has 2 amide bonds. The zero-order valence-corrected chi connectivity index (χ0v) is 19.4. The number of anilines is 1. The lowest BCUT2D eigenvalue weighted by Crippen LogP contribution is -2.68. The Morgan fingerprint density at radius 1 is 1.00 bits per heavy atom. The van der Waals surface area contributed by atoms with Gasteiger partial charge in [0.25, 0.3) is 0 Å². The number of nitrogens with one attached hydrogen (secondary N) is 1. The molecule has 34 heavy (non-hydrogen) atoms. The Kier molecular flexibility index (Phi) is 6.36. The highest BCUT2D eigenvalue weighted by Crippen LogP contribution is 2.42. The molecule has 2 bridgehead atoms. The van der Waals surface area contributed by atoms with Gasteiger partial charge in [0.05, 0.1) is 13.1 Å². The summed E-state index contributed by atoms with van der Waals surface area (Å²) >= 11 is 0. The molecular weight excluding hydrogens is 432 g/mol. The Hall–Kier alpha value is -2.84. The number of ether oxygens (including phenoxy) is 1. The number of fused-ring (bicyclic) bond motifs is 3. The third-order valence-electron chi connectivity index (χ3n) is 8.13. The molecule has 0 radical (unpaired) electrons. The van der Waals surface area contributed by atoms with Crippen LogP contribution in [0.25, 0.3) is 0 Å². The van der Waals surface area contributed by atoms with Gasteiger partial charge >= 0.3 is 12.0 Å². The van der Waals surface area contributed by atoms with Gasteiger partial charge in [0, 0.05) is 30.9 Å². The van der Waals surface area contributed by atoms with Crippen molar-refractivity contribution in [1.29, 1.82) is 0 Å². The average Bonchev–Trinajstić information content (AvgIpc) is 2.90. The van der Waals surface area contributed by atoms with Gasteiger partial charge in [-0.2, -0.15) is 5.10 Å². The van der Waals surface area contributed by atoms with Gasteiger partial charge in [0.1, 0.15) is 6.54 Å². The molecule has 2 aromatic rings. The van der Waals surface area contributed by atoms with E-state index in [0.717, 1.165) is 44.9 Å². The van der Waals surface area contributed by atoms with Crippen LogP contribution in [0.1, 0.15) is 50.5 Å². The highest BCUT2D eigenvalue weighted by molar-refractivity contribution is 5.83. The summed E-state index contributed by atoms with van der Waals surface area (Å²) < 4.78 is 6.32. The van der Waals surface area contributed by atoms with Crippen molar-refractivity contribution in [2.75, 3.05) is 25.0 Å². The van der Waals surface area contributed by atoms with Gasteiger partial charge in [-0.15, -0.1) is 5.10 Å². The maximum Gasteiger partial charge on any atom is 0.422 e. The number of amides is 2. The fourth-order valence-electron chi connectivity index (χ4n) is 6.11. The molecule has 4 heterocycles. The Morgan fingerprint density at radius 3 is 2.41 bits per heavy atom. The van der Waals surface area contributed by atoms with E-state index < -0.39 is 17.7 Å². The third kappa shape index (κ3) is 4.20. The highest BCUT2D eigenvalue weighted by Gasteiger charge is 2.54. The molecule has 6 rings (SSSR count). The summed E-state index contributed by atoms with van der Waals surface area (Å²) in [5, 5.41) is 22.5. The largest absolute Gasteiger partial charge is 0.454 e. The number of aliphatic hydroxyl groups is 1. The van der Waals surface area contributed by atoms with Crippen LogP contribution >= 0.6 is 0 Å². The second-order valence-corrected chi connectivity index (χ2v) is 10.1. The molecular formula is C26H33N4O4+. The molecule has 0 spiro atoms. The minimum atomic E-state index is -1.67. The summed E-state index contributed by atoms with van der Waals surface area (Å²) in [4.78, 5) is 26.9. The third-order valence-corrected chi connectivity index (χ3v) is 8.13. The van der Waals surface area contributed by atoms with Crippen molar-refractivity contribution in [1.82, 2.24) is 10.2 Å². The van der Waals surface area contributed by atoms with Crippen molar-refractivity contribution in [3.05, 3.63) is 54.2 Å². The summed E-state index contributed by atoms with van der Waals surface area (Å²) in [7, 11) is 0. The Morgan fingerprint density at radius 2 is 1.74 bits per heavy atom. The normalized spacial score (nSPS) is 28.6. The Balaban J connectivity index is 1.35. The molecule has 3 saturated heterocycles. The lowest BCUT2D eigenvalue weighted by molar-refractivity contribution is -0.869. The van der Waals surface area contributed by atoms with Crippen LogP contribution in [-0.4, -0.2) is 57.5 Å². The van der Waals surface area contributed by atoms with E-state index in [1.807, 2.05) is 30.3 Å². The molecule has 8 nitrogen and oxygen atoms in total. The highest BCUT2D eigenvalue weighted by atomic mass is 16.6. The van der Waals surface area contributed by atoms with Crippen LogP contribution in [-0.2, 0) is 15.1 Å². The van der Waals surface area contributed by atoms with E-state index in [4.69, 9.17) is 4.74 Å². The zero-order chi connectivity index (χ0) is 23.6. The molecule has 1 saturated carbocycles. The van der Waals surface area contributed by atoms with Crippen LogP contribution in [0.15, 0.2) is 48.7 Å². The minimum Gasteiger partial charge on any atom is -0.454 e. The SMILES string of the molecule is O=C(OC1C[N+]2(C(=O)Nc3cccnn3)CCC1CC2)[C@](O)(c1ccccc1)C1CCCCC1. The van der Waals surface area contributed by atoms with Crippen molar-refractivity contribution in [2.45, 2.75) is 56.7 Å². The van der Waals surface area contributed by atoms with Gasteiger partial charge in [0.2, 0.25) is 0 Å². The Labute approximate surface area is 199 Å². The van der Waals surface area contributed by atoms with Crippen molar-refractivity contribution in [3.63, 3.8) is 0 Å². The second kappa shape index (κ2) is 9.43. The van der Waals surface area contributed by atoms with Crippen LogP contribution in [0.2, 0.25) is 0 Å². The summed E-state index contributed by atoms with van der Waals surface area (Å²) in [5.41, 5.74) is -1.07. The van der Waals surface area contributed by atoms with Crippen LogP contribution in [0, 0.1) is 11.8 Å². The smallest absolute Gasteiger partial charge is 0.422 e. The maximum absolute atomic E-state index is 13.7. The van der Waals surface area contributed by atoms with Gasteiger partial charge in [-0.1, -0.05) is 49.6 Å². The first kappa shape index (κ1) is 22.9. The van der Waals surface area contributed by atoms with Gasteiger partial charge in [0.15, 0.2) is 17.5 Å². The summed E-state index contributed by atoms with van der Waals surface area (Å²) in [6, 6.07) is 12.5. The number of aromatic nitrogens is 2. The number of urea groups is 1. The van der Waals surface area contributed by atoms with Gasteiger partial charge in [-0.05, 0) is 30.5 Å². The van der Waals surface area contributed by atoms with E-state index in [1.165, 1.54) is 0 Å². The maximum atomic E-state index is 13.7. The Bertz CT molecular complexity index is 1000. The number of quaternary nitrogens is 1. The van der Waals surface area contributed by atoms with Crippen molar-refractivity contribution in [3.8, 4) is 0 Å². The summed E-state index contributed by atoms with van der Waals surface area (Å²) in [5.74, 6) is -0.117. The molecule has 180 valence electrons. The van der Waals surface area contributed by atoms with E-state index in [1.54, 1.807) is 18.3 Å². The number of piperidine rings is 3. The standard InChI is InChI=1S/C26H32N4O4/c31-24(26(33,20-8-3-1-4-9-20)21-10-5-2-6-11-21)34-22-18-30(16-13-19(22)14-17-30)25(32)28-23-12-7-15-27-29-23/h1,3-4,7-9,12,15,19,21-22,33H,2,5-6,10-11,13-14,16-18H2/p+1/t19?,22?,26-,30?/m0/s1. The van der Waals surface area contributed by atoms with E-state index in [-0.39, 0.29) is 22.3 Å². The first-order valence-electron chi connectivity index (χ1n) is 12.5. The van der Waals surface area contributed by atoms with Crippen LogP contribution < -0.4 is 5.32 Å². The number of carbonyl (C=O) groups is 2. The minimum absolute atomic E-state index is 0.148. The monoisotopic (exact) mass is 465 g/mol. The number of benzene rings is 1. The zero-order valence-electron chi connectivity index (χ0n) is 19.4. The van der Waals surface area contributed by atoms with E-state index in [2.05, 4.69) is 15.5 Å². The fourth-order valence-corrected chi connectivity index (χ4v) is 6.11. The first-order valence-corrected chi connectivity index (χ1v) is 12.5. The number of hydrogen-bond acceptors (Lipinski definition) is 6. The average molecular weight is 466 g/mol. The number of esters is 1.